The number of hydrogen-bond donors (Lipinski definition) is 1. The number of halogens is 1. The third-order valence-electron chi connectivity index (χ3n) is 3.83. The van der Waals surface area contributed by atoms with Crippen LogP contribution in [0.1, 0.15) is 23.7 Å². The number of carbonyl (C=O) groups is 1. The number of para-hydroxylation sites is 1. The van der Waals surface area contributed by atoms with Gasteiger partial charge in [0, 0.05) is 30.1 Å². The molecular formula is C19H22BrNO3. The van der Waals surface area contributed by atoms with Crippen molar-refractivity contribution in [1.29, 1.82) is 0 Å². The molecule has 24 heavy (non-hydrogen) atoms. The first kappa shape index (κ1) is 18.5. The van der Waals surface area contributed by atoms with Crippen molar-refractivity contribution in [3.8, 4) is 5.75 Å². The normalized spacial score (nSPS) is 11.8. The number of hydrogen-bond acceptors (Lipinski definition) is 3. The van der Waals surface area contributed by atoms with E-state index >= 15 is 0 Å². The predicted molar refractivity (Wildman–Crippen MR) is 98.2 cm³/mol. The van der Waals surface area contributed by atoms with E-state index < -0.39 is 0 Å². The van der Waals surface area contributed by atoms with Gasteiger partial charge in [-0.15, -0.1) is 0 Å². The number of benzene rings is 2. The molecule has 0 bridgehead atoms. The molecule has 0 unspecified atom stereocenters. The Morgan fingerprint density at radius 1 is 1.12 bits per heavy atom. The highest BCUT2D eigenvalue weighted by molar-refractivity contribution is 9.10. The van der Waals surface area contributed by atoms with Crippen molar-refractivity contribution in [2.45, 2.75) is 18.9 Å². The molecule has 2 aromatic rings. The van der Waals surface area contributed by atoms with E-state index in [1.165, 1.54) is 0 Å². The molecule has 0 saturated heterocycles. The molecule has 0 radical (unpaired) electrons. The largest absolute Gasteiger partial charge is 0.496 e. The molecule has 0 aliphatic heterocycles. The number of methoxy groups -OCH3 is 2. The molecule has 128 valence electrons. The number of amides is 1. The van der Waals surface area contributed by atoms with Gasteiger partial charge >= 0.3 is 0 Å². The summed E-state index contributed by atoms with van der Waals surface area (Å²) >= 11 is 3.50. The Labute approximate surface area is 151 Å². The van der Waals surface area contributed by atoms with Crippen LogP contribution in [0.25, 0.3) is 0 Å². The van der Waals surface area contributed by atoms with Gasteiger partial charge in [-0.25, -0.2) is 0 Å². The van der Waals surface area contributed by atoms with Crippen LogP contribution < -0.4 is 10.1 Å². The molecule has 0 aromatic heterocycles. The molecule has 0 heterocycles. The summed E-state index contributed by atoms with van der Waals surface area (Å²) < 4.78 is 11.9. The van der Waals surface area contributed by atoms with Crippen molar-refractivity contribution in [2.75, 3.05) is 20.8 Å². The van der Waals surface area contributed by atoms with Gasteiger partial charge in [0.15, 0.2) is 0 Å². The lowest BCUT2D eigenvalue weighted by Gasteiger charge is -2.19. The summed E-state index contributed by atoms with van der Waals surface area (Å²) in [5.74, 6) is 0.759. The number of aryl methyl sites for hydroxylation is 1. The number of carbonyl (C=O) groups excluding carboxylic acids is 1. The summed E-state index contributed by atoms with van der Waals surface area (Å²) in [5, 5.41) is 2.94. The van der Waals surface area contributed by atoms with Crippen LogP contribution in [0.5, 0.6) is 5.75 Å². The Hall–Kier alpha value is -1.85. The second kappa shape index (κ2) is 9.45. The molecule has 4 nitrogen and oxygen atoms in total. The third-order valence-corrected chi connectivity index (χ3v) is 4.61. The highest BCUT2D eigenvalue weighted by Crippen LogP contribution is 2.26. The first-order valence-corrected chi connectivity index (χ1v) is 8.60. The van der Waals surface area contributed by atoms with Crippen LogP contribution in [0.2, 0.25) is 0 Å². The molecule has 2 aromatic carbocycles. The molecule has 0 saturated carbocycles. The molecule has 1 N–H and O–H groups in total. The average Bonchev–Trinajstić information content (AvgIpc) is 2.62. The van der Waals surface area contributed by atoms with Crippen LogP contribution in [-0.4, -0.2) is 26.7 Å². The fourth-order valence-corrected chi connectivity index (χ4v) is 2.98. The van der Waals surface area contributed by atoms with Crippen LogP contribution in [0.4, 0.5) is 0 Å². The minimum Gasteiger partial charge on any atom is -0.496 e. The topological polar surface area (TPSA) is 47.6 Å². The summed E-state index contributed by atoms with van der Waals surface area (Å²) in [6, 6.07) is 15.6. The van der Waals surface area contributed by atoms with Gasteiger partial charge in [-0.05, 0) is 24.1 Å². The SMILES string of the molecule is COc1ccccc1[C@@H](CNC(=O)CCc1ccccc1Br)OC. The second-order valence-corrected chi connectivity index (χ2v) is 6.22. The summed E-state index contributed by atoms with van der Waals surface area (Å²) in [5.41, 5.74) is 2.05. The number of rotatable bonds is 8. The maximum atomic E-state index is 12.1. The zero-order valence-corrected chi connectivity index (χ0v) is 15.5. The summed E-state index contributed by atoms with van der Waals surface area (Å²) in [6.07, 6.45) is 0.887. The zero-order chi connectivity index (χ0) is 17.4. The lowest BCUT2D eigenvalue weighted by molar-refractivity contribution is -0.121. The Bertz CT molecular complexity index is 675. The van der Waals surface area contributed by atoms with Gasteiger partial charge in [0.05, 0.1) is 7.11 Å². The van der Waals surface area contributed by atoms with Crippen LogP contribution in [0.15, 0.2) is 53.0 Å². The van der Waals surface area contributed by atoms with E-state index in [4.69, 9.17) is 9.47 Å². The van der Waals surface area contributed by atoms with Gasteiger partial charge in [-0.2, -0.15) is 0 Å². The molecule has 0 spiro atoms. The van der Waals surface area contributed by atoms with E-state index in [0.717, 1.165) is 21.3 Å². The maximum absolute atomic E-state index is 12.1. The van der Waals surface area contributed by atoms with E-state index in [2.05, 4.69) is 21.2 Å². The summed E-state index contributed by atoms with van der Waals surface area (Å²) in [4.78, 5) is 12.1. The standard InChI is InChI=1S/C19H22BrNO3/c1-23-17-10-6-4-8-15(17)18(24-2)13-21-19(22)12-11-14-7-3-5-9-16(14)20/h3-10,18H,11-13H2,1-2H3,(H,21,22)/t18-/m1/s1. The van der Waals surface area contributed by atoms with Crippen molar-refractivity contribution < 1.29 is 14.3 Å². The van der Waals surface area contributed by atoms with E-state index in [1.54, 1.807) is 14.2 Å². The van der Waals surface area contributed by atoms with Gasteiger partial charge < -0.3 is 14.8 Å². The van der Waals surface area contributed by atoms with E-state index in [-0.39, 0.29) is 12.0 Å². The zero-order valence-electron chi connectivity index (χ0n) is 13.9. The Kier molecular flexibility index (Phi) is 7.28. The van der Waals surface area contributed by atoms with Crippen LogP contribution in [-0.2, 0) is 16.0 Å². The lowest BCUT2D eigenvalue weighted by Crippen LogP contribution is -2.29. The highest BCUT2D eigenvalue weighted by Gasteiger charge is 2.16. The minimum atomic E-state index is -0.242. The third kappa shape index (κ3) is 5.08. The van der Waals surface area contributed by atoms with Gasteiger partial charge in [0.2, 0.25) is 5.91 Å². The van der Waals surface area contributed by atoms with Gasteiger partial charge in [0.25, 0.3) is 0 Å². The van der Waals surface area contributed by atoms with Crippen LogP contribution in [0.3, 0.4) is 0 Å². The van der Waals surface area contributed by atoms with E-state index in [1.807, 2.05) is 48.5 Å². The molecule has 5 heteroatoms. The number of nitrogens with one attached hydrogen (secondary N) is 1. The summed E-state index contributed by atoms with van der Waals surface area (Å²) in [7, 11) is 3.26. The Morgan fingerprint density at radius 2 is 1.83 bits per heavy atom. The molecular weight excluding hydrogens is 370 g/mol. The molecule has 1 amide bonds. The average molecular weight is 392 g/mol. The van der Waals surface area contributed by atoms with Crippen LogP contribution >= 0.6 is 15.9 Å². The Balaban J connectivity index is 1.89. The highest BCUT2D eigenvalue weighted by atomic mass is 79.9. The molecule has 1 atom stereocenters. The van der Waals surface area contributed by atoms with Gasteiger partial charge in [-0.1, -0.05) is 52.3 Å². The fourth-order valence-electron chi connectivity index (χ4n) is 2.50. The van der Waals surface area contributed by atoms with Crippen molar-refractivity contribution >= 4 is 21.8 Å². The second-order valence-electron chi connectivity index (χ2n) is 5.36. The monoisotopic (exact) mass is 391 g/mol. The molecule has 0 aliphatic rings. The minimum absolute atomic E-state index is 0.00250. The van der Waals surface area contributed by atoms with Crippen molar-refractivity contribution in [1.82, 2.24) is 5.32 Å². The van der Waals surface area contributed by atoms with Gasteiger partial charge in [-0.3, -0.25) is 4.79 Å². The maximum Gasteiger partial charge on any atom is 0.220 e. The fraction of sp³-hybridized carbons (Fsp3) is 0.316. The van der Waals surface area contributed by atoms with Crippen LogP contribution in [0, 0.1) is 0 Å². The molecule has 0 aliphatic carbocycles. The first-order chi connectivity index (χ1) is 11.7. The van der Waals surface area contributed by atoms with E-state index in [9.17, 15) is 4.79 Å². The summed E-state index contributed by atoms with van der Waals surface area (Å²) in [6.45, 7) is 0.408. The molecule has 2 rings (SSSR count). The van der Waals surface area contributed by atoms with Crippen molar-refractivity contribution in [3.05, 3.63) is 64.1 Å². The number of ether oxygens (including phenoxy) is 2. The van der Waals surface area contributed by atoms with Crippen molar-refractivity contribution in [2.24, 2.45) is 0 Å². The van der Waals surface area contributed by atoms with Gasteiger partial charge in [0.1, 0.15) is 11.9 Å². The first-order valence-electron chi connectivity index (χ1n) is 7.81. The Morgan fingerprint density at radius 3 is 2.54 bits per heavy atom. The van der Waals surface area contributed by atoms with E-state index in [0.29, 0.717) is 19.4 Å². The smallest absolute Gasteiger partial charge is 0.220 e. The molecule has 0 fully saturated rings. The quantitative estimate of drug-likeness (QED) is 0.742. The lowest BCUT2D eigenvalue weighted by atomic mass is 10.1. The van der Waals surface area contributed by atoms with Crippen molar-refractivity contribution in [3.63, 3.8) is 0 Å². The predicted octanol–water partition coefficient (Wildman–Crippen LogP) is 3.89.